The van der Waals surface area contributed by atoms with Gasteiger partial charge in [0.2, 0.25) is 0 Å². The van der Waals surface area contributed by atoms with Crippen LogP contribution in [0.1, 0.15) is 25.0 Å². The molecule has 0 heterocycles. The molecule has 0 aliphatic rings. The average Bonchev–Trinajstić information content (AvgIpc) is 2.61. The summed E-state index contributed by atoms with van der Waals surface area (Å²) in [5.41, 5.74) is 1.33. The quantitative estimate of drug-likeness (QED) is 0.626. The molecule has 7 heteroatoms. The summed E-state index contributed by atoms with van der Waals surface area (Å²) < 4.78 is 11.3. The second-order valence-corrected chi connectivity index (χ2v) is 7.75. The van der Waals surface area contributed by atoms with Crippen molar-refractivity contribution in [1.29, 1.82) is 0 Å². The van der Waals surface area contributed by atoms with Crippen molar-refractivity contribution in [2.24, 2.45) is 0 Å². The molecule has 26 heavy (non-hydrogen) atoms. The van der Waals surface area contributed by atoms with Gasteiger partial charge < -0.3 is 19.9 Å². The molecule has 0 amide bonds. The smallest absolute Gasteiger partial charge is 0.163 e. The largest absolute Gasteiger partial charge is 0.493 e. The Balaban J connectivity index is 2.13. The number of benzene rings is 2. The lowest BCUT2D eigenvalue weighted by atomic mass is 10.1. The van der Waals surface area contributed by atoms with Crippen LogP contribution in [-0.2, 0) is 13.2 Å². The van der Waals surface area contributed by atoms with Crippen LogP contribution in [0.3, 0.4) is 0 Å². The fourth-order valence-corrected chi connectivity index (χ4v) is 2.71. The van der Waals surface area contributed by atoms with Crippen molar-refractivity contribution in [1.82, 2.24) is 5.32 Å². The van der Waals surface area contributed by atoms with E-state index in [1.165, 1.54) is 0 Å². The van der Waals surface area contributed by atoms with Gasteiger partial charge in [0.15, 0.2) is 11.5 Å². The van der Waals surface area contributed by atoms with Gasteiger partial charge in [-0.2, -0.15) is 0 Å². The molecule has 0 unspecified atom stereocenters. The van der Waals surface area contributed by atoms with Gasteiger partial charge in [-0.15, -0.1) is 0 Å². The first-order valence-corrected chi connectivity index (χ1v) is 9.18. The molecule has 0 saturated heterocycles. The SMILES string of the molecule is COc1cc(CNC(C)(C)CO)c(Cl)cc1OCc1ccc(Cl)c(Cl)c1. The Bertz CT molecular complexity index is 766. The number of rotatable bonds is 8. The Morgan fingerprint density at radius 2 is 1.73 bits per heavy atom. The van der Waals surface area contributed by atoms with Crippen LogP contribution in [0.4, 0.5) is 0 Å². The Labute approximate surface area is 169 Å². The highest BCUT2D eigenvalue weighted by atomic mass is 35.5. The maximum atomic E-state index is 9.34. The molecule has 0 spiro atoms. The average molecular weight is 419 g/mol. The first-order valence-electron chi connectivity index (χ1n) is 8.05. The van der Waals surface area contributed by atoms with E-state index >= 15 is 0 Å². The highest BCUT2D eigenvalue weighted by molar-refractivity contribution is 6.42. The van der Waals surface area contributed by atoms with Crippen molar-refractivity contribution in [3.05, 3.63) is 56.5 Å². The second kappa shape index (κ2) is 9.16. The third kappa shape index (κ3) is 5.66. The summed E-state index contributed by atoms with van der Waals surface area (Å²) >= 11 is 18.3. The minimum absolute atomic E-state index is 0.0204. The van der Waals surface area contributed by atoms with Crippen LogP contribution in [-0.4, -0.2) is 24.4 Å². The van der Waals surface area contributed by atoms with Crippen LogP contribution in [0, 0.1) is 0 Å². The fraction of sp³-hybridized carbons (Fsp3) is 0.368. The van der Waals surface area contributed by atoms with Crippen LogP contribution in [0.5, 0.6) is 11.5 Å². The molecule has 2 rings (SSSR count). The lowest BCUT2D eigenvalue weighted by Crippen LogP contribution is -2.42. The third-order valence-corrected chi connectivity index (χ3v) is 4.95. The van der Waals surface area contributed by atoms with Gasteiger partial charge in [-0.05, 0) is 43.2 Å². The highest BCUT2D eigenvalue weighted by Gasteiger charge is 2.17. The zero-order chi connectivity index (χ0) is 19.3. The Kier molecular flexibility index (Phi) is 7.44. The third-order valence-electron chi connectivity index (χ3n) is 3.86. The van der Waals surface area contributed by atoms with Gasteiger partial charge in [-0.3, -0.25) is 0 Å². The molecule has 0 atom stereocenters. The number of aliphatic hydroxyl groups excluding tert-OH is 1. The van der Waals surface area contributed by atoms with E-state index in [1.54, 1.807) is 25.3 Å². The van der Waals surface area contributed by atoms with Gasteiger partial charge in [0.25, 0.3) is 0 Å². The summed E-state index contributed by atoms with van der Waals surface area (Å²) in [6.07, 6.45) is 0. The topological polar surface area (TPSA) is 50.7 Å². The molecule has 0 saturated carbocycles. The van der Waals surface area contributed by atoms with Crippen molar-refractivity contribution in [2.45, 2.75) is 32.5 Å². The molecular formula is C19H22Cl3NO3. The maximum Gasteiger partial charge on any atom is 0.163 e. The summed E-state index contributed by atoms with van der Waals surface area (Å²) in [4.78, 5) is 0. The summed E-state index contributed by atoms with van der Waals surface area (Å²) in [7, 11) is 1.57. The van der Waals surface area contributed by atoms with E-state index in [-0.39, 0.29) is 6.61 Å². The number of hydrogen-bond acceptors (Lipinski definition) is 4. The van der Waals surface area contributed by atoms with E-state index in [1.807, 2.05) is 26.0 Å². The van der Waals surface area contributed by atoms with E-state index in [4.69, 9.17) is 44.3 Å². The van der Waals surface area contributed by atoms with Crippen LogP contribution in [0.2, 0.25) is 15.1 Å². The fourth-order valence-electron chi connectivity index (χ4n) is 2.17. The molecule has 0 fully saturated rings. The number of halogens is 3. The molecule has 142 valence electrons. The lowest BCUT2D eigenvalue weighted by Gasteiger charge is -2.24. The summed E-state index contributed by atoms with van der Waals surface area (Å²) in [6.45, 7) is 4.64. The highest BCUT2D eigenvalue weighted by Crippen LogP contribution is 2.34. The van der Waals surface area contributed by atoms with E-state index in [0.29, 0.717) is 39.7 Å². The van der Waals surface area contributed by atoms with Gasteiger partial charge in [0.1, 0.15) is 6.61 Å². The Morgan fingerprint density at radius 1 is 1.00 bits per heavy atom. The molecule has 0 aliphatic carbocycles. The Morgan fingerprint density at radius 3 is 2.35 bits per heavy atom. The van der Waals surface area contributed by atoms with Crippen molar-refractivity contribution < 1.29 is 14.6 Å². The standard InChI is InChI=1S/C19H22Cl3NO3/c1-19(2,11-24)23-9-13-7-17(25-3)18(8-15(13)21)26-10-12-4-5-14(20)16(22)6-12/h4-8,23-24H,9-11H2,1-3H3. The number of ether oxygens (including phenoxy) is 2. The maximum absolute atomic E-state index is 9.34. The lowest BCUT2D eigenvalue weighted by molar-refractivity contribution is 0.187. The first-order chi connectivity index (χ1) is 12.3. The molecule has 0 radical (unpaired) electrons. The molecule has 0 bridgehead atoms. The van der Waals surface area contributed by atoms with Crippen molar-refractivity contribution in [3.63, 3.8) is 0 Å². The normalized spacial score (nSPS) is 11.5. The second-order valence-electron chi connectivity index (χ2n) is 6.53. The predicted octanol–water partition coefficient (Wildman–Crippen LogP) is 5.09. The van der Waals surface area contributed by atoms with Gasteiger partial charge in [-0.25, -0.2) is 0 Å². The van der Waals surface area contributed by atoms with Crippen molar-refractivity contribution in [3.8, 4) is 11.5 Å². The minimum atomic E-state index is -0.403. The number of methoxy groups -OCH3 is 1. The molecule has 0 aromatic heterocycles. The first kappa shape index (κ1) is 21.1. The summed E-state index contributed by atoms with van der Waals surface area (Å²) in [5.74, 6) is 1.11. The summed E-state index contributed by atoms with van der Waals surface area (Å²) in [5, 5.41) is 14.1. The number of nitrogens with one attached hydrogen (secondary N) is 1. The van der Waals surface area contributed by atoms with Crippen LogP contribution < -0.4 is 14.8 Å². The van der Waals surface area contributed by atoms with Crippen LogP contribution in [0.25, 0.3) is 0 Å². The van der Waals surface area contributed by atoms with Crippen molar-refractivity contribution >= 4 is 34.8 Å². The van der Waals surface area contributed by atoms with E-state index in [0.717, 1.165) is 11.1 Å². The van der Waals surface area contributed by atoms with Crippen LogP contribution >= 0.6 is 34.8 Å². The molecular weight excluding hydrogens is 397 g/mol. The van der Waals surface area contributed by atoms with E-state index in [2.05, 4.69) is 5.32 Å². The molecule has 2 N–H and O–H groups in total. The van der Waals surface area contributed by atoms with E-state index in [9.17, 15) is 5.11 Å². The zero-order valence-electron chi connectivity index (χ0n) is 14.9. The number of hydrogen-bond donors (Lipinski definition) is 2. The molecule has 0 aliphatic heterocycles. The van der Waals surface area contributed by atoms with Gasteiger partial charge in [0, 0.05) is 23.2 Å². The molecule has 2 aromatic rings. The van der Waals surface area contributed by atoms with Crippen LogP contribution in [0.15, 0.2) is 30.3 Å². The Hall–Kier alpha value is -1.17. The predicted molar refractivity (Wildman–Crippen MR) is 107 cm³/mol. The van der Waals surface area contributed by atoms with Gasteiger partial charge >= 0.3 is 0 Å². The molecule has 2 aromatic carbocycles. The number of aliphatic hydroxyl groups is 1. The minimum Gasteiger partial charge on any atom is -0.493 e. The van der Waals surface area contributed by atoms with E-state index < -0.39 is 5.54 Å². The van der Waals surface area contributed by atoms with Gasteiger partial charge in [0.05, 0.1) is 23.8 Å². The summed E-state index contributed by atoms with van der Waals surface area (Å²) in [6, 6.07) is 8.88. The van der Waals surface area contributed by atoms with Crippen molar-refractivity contribution in [2.75, 3.05) is 13.7 Å². The monoisotopic (exact) mass is 417 g/mol. The molecule has 4 nitrogen and oxygen atoms in total. The van der Waals surface area contributed by atoms with Gasteiger partial charge in [-0.1, -0.05) is 40.9 Å². The zero-order valence-corrected chi connectivity index (χ0v) is 17.2.